The van der Waals surface area contributed by atoms with Gasteiger partial charge in [0.1, 0.15) is 0 Å². The largest absolute Gasteiger partial charge is 0.0654 e. The first-order chi connectivity index (χ1) is 18.6. The fraction of sp³-hybridized carbons (Fsp3) is 1.00. The van der Waals surface area contributed by atoms with Crippen molar-refractivity contribution in [2.75, 3.05) is 0 Å². The number of hydrogen-bond donors (Lipinski definition) is 0. The smallest absolute Gasteiger partial charge is 0.0287 e. The summed E-state index contributed by atoms with van der Waals surface area (Å²) in [5.74, 6) is 6.60. The van der Waals surface area contributed by atoms with Crippen molar-refractivity contribution in [3.05, 3.63) is 0 Å². The first-order valence-electron chi connectivity index (χ1n) is 18.6. The van der Waals surface area contributed by atoms with Crippen LogP contribution < -0.4 is 0 Å². The average molecular weight is 525 g/mol. The quantitative estimate of drug-likeness (QED) is 0.223. The van der Waals surface area contributed by atoms with Gasteiger partial charge in [-0.3, -0.25) is 0 Å². The lowest BCUT2D eigenvalue weighted by Gasteiger charge is -2.62. The summed E-state index contributed by atoms with van der Waals surface area (Å²) in [6.07, 6.45) is 43.6. The zero-order valence-corrected chi connectivity index (χ0v) is 26.3. The highest BCUT2D eigenvalue weighted by atomic mass is 14.6. The van der Waals surface area contributed by atoms with Crippen molar-refractivity contribution >= 4 is 0 Å². The molecule has 0 aromatic heterocycles. The first kappa shape index (κ1) is 29.5. The molecule has 5 saturated carbocycles. The highest BCUT2D eigenvalue weighted by Crippen LogP contribution is 2.67. The predicted molar refractivity (Wildman–Crippen MR) is 166 cm³/mol. The van der Waals surface area contributed by atoms with E-state index in [1.807, 2.05) is 0 Å². The van der Waals surface area contributed by atoms with Gasteiger partial charge >= 0.3 is 0 Å². The van der Waals surface area contributed by atoms with Gasteiger partial charge < -0.3 is 0 Å². The van der Waals surface area contributed by atoms with Gasteiger partial charge in [-0.15, -0.1) is 0 Å². The van der Waals surface area contributed by atoms with E-state index in [0.29, 0.717) is 0 Å². The third kappa shape index (κ3) is 7.64. The molecule has 0 bridgehead atoms. The van der Waals surface area contributed by atoms with Crippen molar-refractivity contribution in [1.82, 2.24) is 0 Å². The summed E-state index contributed by atoms with van der Waals surface area (Å²) in [4.78, 5) is 0. The second kappa shape index (κ2) is 14.3. The Kier molecular flexibility index (Phi) is 11.1. The van der Waals surface area contributed by atoms with Crippen LogP contribution in [0.25, 0.3) is 0 Å². The molecule has 0 nitrogen and oxygen atoms in total. The van der Waals surface area contributed by atoms with Crippen molar-refractivity contribution in [2.24, 2.45) is 46.3 Å². The third-order valence-electron chi connectivity index (χ3n) is 13.7. The van der Waals surface area contributed by atoms with Crippen LogP contribution in [0.4, 0.5) is 0 Å². The van der Waals surface area contributed by atoms with Gasteiger partial charge in [0.05, 0.1) is 0 Å². The fourth-order valence-electron chi connectivity index (χ4n) is 11.3. The van der Waals surface area contributed by atoms with E-state index < -0.39 is 0 Å². The maximum Gasteiger partial charge on any atom is -0.0287 e. The summed E-state index contributed by atoms with van der Waals surface area (Å²) in [6, 6.07) is 0. The minimum Gasteiger partial charge on any atom is -0.0654 e. The van der Waals surface area contributed by atoms with E-state index in [-0.39, 0.29) is 0 Å². The van der Waals surface area contributed by atoms with Crippen molar-refractivity contribution in [2.45, 2.75) is 194 Å². The van der Waals surface area contributed by atoms with E-state index in [1.165, 1.54) is 51.4 Å². The van der Waals surface area contributed by atoms with Gasteiger partial charge in [0.2, 0.25) is 0 Å². The molecule has 5 aliphatic carbocycles. The minimum absolute atomic E-state index is 0.815. The second-order valence-electron chi connectivity index (χ2n) is 16.3. The molecular weight excluding hydrogens is 456 g/mol. The van der Waals surface area contributed by atoms with Gasteiger partial charge in [0, 0.05) is 0 Å². The molecule has 5 fully saturated rings. The monoisotopic (exact) mass is 525 g/mol. The lowest BCUT2D eigenvalue weighted by molar-refractivity contribution is -0.109. The molecule has 38 heavy (non-hydrogen) atoms. The van der Waals surface area contributed by atoms with Gasteiger partial charge in [-0.1, -0.05) is 104 Å². The number of hydrogen-bond acceptors (Lipinski definition) is 0. The SMILES string of the molecule is CCCCCCC1CCC(C2CCC3(CC2)CC2(CCC(C4CCC(CCCCCC)CC4)CC2)C3)CC1. The van der Waals surface area contributed by atoms with Crippen molar-refractivity contribution < 1.29 is 0 Å². The molecule has 0 aromatic carbocycles. The van der Waals surface area contributed by atoms with Gasteiger partial charge in [0.25, 0.3) is 0 Å². The Labute approximate surface area is 239 Å². The Morgan fingerprint density at radius 1 is 0.395 bits per heavy atom. The van der Waals surface area contributed by atoms with Crippen LogP contribution >= 0.6 is 0 Å². The topological polar surface area (TPSA) is 0 Å². The second-order valence-corrected chi connectivity index (χ2v) is 16.3. The summed E-state index contributed by atoms with van der Waals surface area (Å²) in [7, 11) is 0. The van der Waals surface area contributed by atoms with Crippen LogP contribution in [-0.2, 0) is 0 Å². The molecule has 220 valence electrons. The fourth-order valence-corrected chi connectivity index (χ4v) is 11.3. The van der Waals surface area contributed by atoms with Crippen molar-refractivity contribution in [3.8, 4) is 0 Å². The van der Waals surface area contributed by atoms with E-state index in [0.717, 1.165) is 46.3 Å². The zero-order valence-electron chi connectivity index (χ0n) is 26.3. The van der Waals surface area contributed by atoms with E-state index in [4.69, 9.17) is 0 Å². The molecule has 2 spiro atoms. The number of unbranched alkanes of at least 4 members (excludes halogenated alkanes) is 6. The first-order valence-corrected chi connectivity index (χ1v) is 18.6. The molecule has 0 heterocycles. The zero-order chi connectivity index (χ0) is 26.3. The Balaban J connectivity index is 0.950. The lowest BCUT2D eigenvalue weighted by atomic mass is 9.43. The van der Waals surface area contributed by atoms with E-state index in [9.17, 15) is 0 Å². The van der Waals surface area contributed by atoms with Crippen LogP contribution in [0.2, 0.25) is 0 Å². The molecule has 0 saturated heterocycles. The normalized spacial score (nSPS) is 41.8. The third-order valence-corrected chi connectivity index (χ3v) is 13.7. The summed E-state index contributed by atoms with van der Waals surface area (Å²) in [5, 5.41) is 0. The van der Waals surface area contributed by atoms with E-state index in [2.05, 4.69) is 13.8 Å². The molecule has 0 aliphatic heterocycles. The molecule has 0 aromatic rings. The van der Waals surface area contributed by atoms with Crippen LogP contribution in [0, 0.1) is 46.3 Å². The molecule has 0 amide bonds. The van der Waals surface area contributed by atoms with Crippen LogP contribution in [0.3, 0.4) is 0 Å². The van der Waals surface area contributed by atoms with Crippen LogP contribution in [-0.4, -0.2) is 0 Å². The molecule has 0 atom stereocenters. The lowest BCUT2D eigenvalue weighted by Crippen LogP contribution is -2.50. The van der Waals surface area contributed by atoms with Crippen LogP contribution in [0.15, 0.2) is 0 Å². The van der Waals surface area contributed by atoms with Crippen molar-refractivity contribution in [1.29, 1.82) is 0 Å². The standard InChI is InChI=1S/C38H68/c1-3-5-7-9-11-31-13-17-33(18-14-31)35-21-25-37(26-22-35)29-38(30-37)27-23-36(24-28-38)34-19-15-32(16-20-34)12-10-8-6-4-2/h31-36H,3-30H2,1-2H3. The highest BCUT2D eigenvalue weighted by Gasteiger charge is 2.56. The minimum atomic E-state index is 0.815. The Hall–Kier alpha value is 0. The summed E-state index contributed by atoms with van der Waals surface area (Å²) >= 11 is 0. The highest BCUT2D eigenvalue weighted by molar-refractivity contribution is 5.07. The summed E-state index contributed by atoms with van der Waals surface area (Å²) in [6.45, 7) is 4.69. The van der Waals surface area contributed by atoms with Crippen molar-refractivity contribution in [3.63, 3.8) is 0 Å². The summed E-state index contributed by atoms with van der Waals surface area (Å²) < 4.78 is 0. The van der Waals surface area contributed by atoms with Crippen LogP contribution in [0.1, 0.15) is 194 Å². The molecular formula is C38H68. The summed E-state index contributed by atoms with van der Waals surface area (Å²) in [5.41, 5.74) is 1.63. The van der Waals surface area contributed by atoms with Gasteiger partial charge in [-0.25, -0.2) is 0 Å². The molecule has 5 rings (SSSR count). The van der Waals surface area contributed by atoms with Gasteiger partial charge in [-0.2, -0.15) is 0 Å². The molecule has 0 unspecified atom stereocenters. The Bertz CT molecular complexity index is 578. The maximum atomic E-state index is 2.34. The Morgan fingerprint density at radius 3 is 1.08 bits per heavy atom. The van der Waals surface area contributed by atoms with E-state index >= 15 is 0 Å². The molecule has 0 N–H and O–H groups in total. The van der Waals surface area contributed by atoms with E-state index in [1.54, 1.807) is 128 Å². The average Bonchev–Trinajstić information content (AvgIpc) is 2.94. The Morgan fingerprint density at radius 2 is 0.737 bits per heavy atom. The van der Waals surface area contributed by atoms with Gasteiger partial charge in [-0.05, 0) is 136 Å². The molecule has 5 aliphatic rings. The predicted octanol–water partition coefficient (Wildman–Crippen LogP) is 12.7. The van der Waals surface area contributed by atoms with Gasteiger partial charge in [0.15, 0.2) is 0 Å². The molecule has 0 radical (unpaired) electrons. The maximum absolute atomic E-state index is 2.34. The number of rotatable bonds is 12. The van der Waals surface area contributed by atoms with Crippen LogP contribution in [0.5, 0.6) is 0 Å². The molecule has 0 heteroatoms.